The fourth-order valence-corrected chi connectivity index (χ4v) is 4.04. The van der Waals surface area contributed by atoms with Gasteiger partial charge < -0.3 is 28.8 Å². The molecule has 0 bridgehead atoms. The number of nitrogens with zero attached hydrogens (tertiary/aromatic N) is 4. The minimum atomic E-state index is -3.28. The first kappa shape index (κ1) is 19.7. The van der Waals surface area contributed by atoms with Crippen LogP contribution < -0.4 is 5.73 Å². The Balaban J connectivity index is 1.41. The molecule has 0 saturated carbocycles. The van der Waals surface area contributed by atoms with Crippen molar-refractivity contribution in [1.29, 1.82) is 0 Å². The Morgan fingerprint density at radius 2 is 2.15 bits per heavy atom. The predicted octanol–water partition coefficient (Wildman–Crippen LogP) is 1.19. The number of anilines is 1. The summed E-state index contributed by atoms with van der Waals surface area (Å²) in [5.41, 5.74) is 6.88. The molecule has 1 aliphatic heterocycles. The van der Waals surface area contributed by atoms with Crippen LogP contribution in [0.25, 0.3) is 11.2 Å². The zero-order chi connectivity index (χ0) is 19.3. The molecule has 0 unspecified atom stereocenters. The number of hydrogen-bond acceptors (Lipinski definition) is 10. The van der Waals surface area contributed by atoms with E-state index in [-0.39, 0.29) is 44.5 Å². The number of ether oxygens (including phenoxy) is 2. The van der Waals surface area contributed by atoms with Gasteiger partial charge in [0, 0.05) is 18.9 Å². The van der Waals surface area contributed by atoms with Crippen LogP contribution in [0.1, 0.15) is 12.8 Å². The van der Waals surface area contributed by atoms with Gasteiger partial charge >= 0.3 is 13.6 Å². The molecule has 0 aliphatic carbocycles. The summed E-state index contributed by atoms with van der Waals surface area (Å²) >= 11 is 0. The Bertz CT molecular complexity index is 831. The molecular formula is C15H22N5O6P. The lowest BCUT2D eigenvalue weighted by atomic mass is 10.1. The van der Waals surface area contributed by atoms with Crippen molar-refractivity contribution in [3.63, 3.8) is 0 Å². The molecule has 1 fully saturated rings. The summed E-state index contributed by atoms with van der Waals surface area (Å²) in [6.45, 7) is 1.26. The first-order valence-electron chi connectivity index (χ1n) is 8.45. The molecule has 1 aliphatic rings. The van der Waals surface area contributed by atoms with E-state index in [0.717, 1.165) is 0 Å². The molecule has 2 aromatic rings. The molecule has 3 heterocycles. The maximum Gasteiger partial charge on any atom is 0.356 e. The second-order valence-corrected chi connectivity index (χ2v) is 8.09. The number of carbonyl (C=O) groups excluding carboxylic acids is 1. The van der Waals surface area contributed by atoms with Crippen LogP contribution in [0.4, 0.5) is 5.82 Å². The number of imidazole rings is 1. The minimum Gasteiger partial charge on any atom is -0.469 e. The highest BCUT2D eigenvalue weighted by Gasteiger charge is 2.32. The van der Waals surface area contributed by atoms with Gasteiger partial charge in [-0.3, -0.25) is 9.36 Å². The van der Waals surface area contributed by atoms with E-state index < -0.39 is 7.60 Å². The summed E-state index contributed by atoms with van der Waals surface area (Å²) in [6, 6.07) is 0. The largest absolute Gasteiger partial charge is 0.469 e. The highest BCUT2D eigenvalue weighted by atomic mass is 31.2. The van der Waals surface area contributed by atoms with Gasteiger partial charge in [0.15, 0.2) is 11.5 Å². The Hall–Kier alpha value is -2.07. The van der Waals surface area contributed by atoms with E-state index in [0.29, 0.717) is 29.9 Å². The molecule has 0 spiro atoms. The molecular weight excluding hydrogens is 377 g/mol. The van der Waals surface area contributed by atoms with Crippen molar-refractivity contribution in [3.8, 4) is 0 Å². The van der Waals surface area contributed by atoms with Gasteiger partial charge in [-0.2, -0.15) is 0 Å². The minimum absolute atomic E-state index is 0.00799. The molecule has 0 aromatic carbocycles. The Morgan fingerprint density at radius 3 is 2.89 bits per heavy atom. The van der Waals surface area contributed by atoms with Gasteiger partial charge in [0.05, 0.1) is 33.3 Å². The molecule has 2 N–H and O–H groups in total. The lowest BCUT2D eigenvalue weighted by Gasteiger charge is -2.28. The third kappa shape index (κ3) is 5.01. The maximum absolute atomic E-state index is 12.5. The number of rotatable bonds is 8. The molecule has 3 rings (SSSR count). The molecule has 2 aromatic heterocycles. The zero-order valence-corrected chi connectivity index (χ0v) is 15.8. The van der Waals surface area contributed by atoms with Crippen molar-refractivity contribution in [2.45, 2.75) is 19.4 Å². The number of methoxy groups -OCH3 is 1. The fourth-order valence-electron chi connectivity index (χ4n) is 2.59. The Labute approximate surface area is 155 Å². The van der Waals surface area contributed by atoms with Crippen molar-refractivity contribution in [1.82, 2.24) is 19.5 Å². The average molecular weight is 399 g/mol. The summed E-state index contributed by atoms with van der Waals surface area (Å²) in [5.74, 6) is 0.0367. The third-order valence-corrected chi connectivity index (χ3v) is 5.74. The average Bonchev–Trinajstić information content (AvgIpc) is 3.09. The van der Waals surface area contributed by atoms with Gasteiger partial charge in [0.1, 0.15) is 18.2 Å². The number of hydrogen-bond donors (Lipinski definition) is 1. The van der Waals surface area contributed by atoms with Crippen LogP contribution in [0.15, 0.2) is 12.7 Å². The van der Waals surface area contributed by atoms with E-state index >= 15 is 0 Å². The van der Waals surface area contributed by atoms with Gasteiger partial charge in [-0.25, -0.2) is 15.0 Å². The van der Waals surface area contributed by atoms with Crippen molar-refractivity contribution >= 4 is 30.5 Å². The number of esters is 1. The molecule has 0 atom stereocenters. The first-order chi connectivity index (χ1) is 13.0. The molecule has 0 amide bonds. The van der Waals surface area contributed by atoms with E-state index in [1.165, 1.54) is 13.4 Å². The molecule has 27 heavy (non-hydrogen) atoms. The molecule has 148 valence electrons. The summed E-state index contributed by atoms with van der Waals surface area (Å²) in [6.07, 6.45) is 3.67. The smallest absolute Gasteiger partial charge is 0.356 e. The topological polar surface area (TPSA) is 141 Å². The van der Waals surface area contributed by atoms with Crippen LogP contribution >= 0.6 is 7.60 Å². The summed E-state index contributed by atoms with van der Waals surface area (Å²) in [4.78, 5) is 23.3. The highest BCUT2D eigenvalue weighted by molar-refractivity contribution is 7.53. The van der Waals surface area contributed by atoms with E-state index in [9.17, 15) is 9.36 Å². The summed E-state index contributed by atoms with van der Waals surface area (Å²) in [7, 11) is -1.93. The number of fused-ring (bicyclic) bond motifs is 1. The van der Waals surface area contributed by atoms with Crippen LogP contribution in [-0.2, 0) is 34.4 Å². The van der Waals surface area contributed by atoms with Gasteiger partial charge in [0.2, 0.25) is 0 Å². The van der Waals surface area contributed by atoms with Crippen LogP contribution in [0, 0.1) is 5.92 Å². The van der Waals surface area contributed by atoms with Crippen molar-refractivity contribution in [2.75, 3.05) is 39.0 Å². The van der Waals surface area contributed by atoms with Crippen LogP contribution in [-0.4, -0.2) is 58.8 Å². The predicted molar refractivity (Wildman–Crippen MR) is 94.8 cm³/mol. The maximum atomic E-state index is 12.5. The first-order valence-corrected chi connectivity index (χ1v) is 10.2. The van der Waals surface area contributed by atoms with E-state index in [1.54, 1.807) is 10.9 Å². The quantitative estimate of drug-likeness (QED) is 0.391. The van der Waals surface area contributed by atoms with E-state index in [2.05, 4.69) is 19.7 Å². The zero-order valence-electron chi connectivity index (χ0n) is 14.9. The molecule has 12 heteroatoms. The molecule has 0 radical (unpaired) electrons. The van der Waals surface area contributed by atoms with Gasteiger partial charge in [-0.1, -0.05) is 0 Å². The number of nitrogen functional groups attached to an aromatic ring is 1. The van der Waals surface area contributed by atoms with Crippen molar-refractivity contribution < 1.29 is 27.9 Å². The second-order valence-electron chi connectivity index (χ2n) is 6.09. The summed E-state index contributed by atoms with van der Waals surface area (Å²) < 4.78 is 35.0. The highest BCUT2D eigenvalue weighted by Crippen LogP contribution is 2.51. The standard InChI is InChI=1S/C15H22N5O6P/c1-23-12(21)3-2-11-6-25-27(22,26-7-11)10-24-5-4-20-9-19-13-14(16)17-8-18-15(13)20/h8-9,11H,2-7,10H2,1H3,(H2,16,17,18). The van der Waals surface area contributed by atoms with Crippen molar-refractivity contribution in [3.05, 3.63) is 12.7 Å². The van der Waals surface area contributed by atoms with Crippen LogP contribution in [0.2, 0.25) is 0 Å². The normalized spacial score (nSPS) is 22.8. The SMILES string of the molecule is COC(=O)CCC1COP(=O)(COCCn2cnc3c(N)ncnc32)OC1. The lowest BCUT2D eigenvalue weighted by molar-refractivity contribution is -0.141. The molecule has 11 nitrogen and oxygen atoms in total. The van der Waals surface area contributed by atoms with E-state index in [4.69, 9.17) is 19.5 Å². The number of aromatic nitrogens is 4. The van der Waals surface area contributed by atoms with Gasteiger partial charge in [-0.05, 0) is 6.42 Å². The number of nitrogens with two attached hydrogens (primary N) is 1. The van der Waals surface area contributed by atoms with Gasteiger partial charge in [0.25, 0.3) is 0 Å². The molecule has 1 saturated heterocycles. The van der Waals surface area contributed by atoms with Crippen molar-refractivity contribution in [2.24, 2.45) is 5.92 Å². The van der Waals surface area contributed by atoms with E-state index in [1.807, 2.05) is 0 Å². The van der Waals surface area contributed by atoms with Gasteiger partial charge in [-0.15, -0.1) is 0 Å². The summed E-state index contributed by atoms with van der Waals surface area (Å²) in [5, 5.41) is 0. The lowest BCUT2D eigenvalue weighted by Crippen LogP contribution is -2.24. The van der Waals surface area contributed by atoms with Crippen LogP contribution in [0.5, 0.6) is 0 Å². The number of carbonyl (C=O) groups is 1. The fraction of sp³-hybridized carbons (Fsp3) is 0.600. The Morgan fingerprint density at radius 1 is 1.37 bits per heavy atom. The third-order valence-electron chi connectivity index (χ3n) is 4.15. The second kappa shape index (κ2) is 8.75. The Kier molecular flexibility index (Phi) is 6.38. The van der Waals surface area contributed by atoms with Crippen LogP contribution in [0.3, 0.4) is 0 Å². The monoisotopic (exact) mass is 399 g/mol.